The van der Waals surface area contributed by atoms with Gasteiger partial charge in [-0.15, -0.1) is 0 Å². The van der Waals surface area contributed by atoms with Crippen LogP contribution >= 0.6 is 0 Å². The molecule has 0 nitrogen and oxygen atoms in total. The van der Waals surface area contributed by atoms with Crippen molar-refractivity contribution in [3.63, 3.8) is 0 Å². The molecule has 0 saturated heterocycles. The van der Waals surface area contributed by atoms with Gasteiger partial charge in [0.15, 0.2) is 0 Å². The molecule has 0 rings (SSSR count). The summed E-state index contributed by atoms with van der Waals surface area (Å²) < 4.78 is 0. The topological polar surface area (TPSA) is 0 Å². The monoisotopic (exact) mass is 152 g/mol. The molecule has 0 aliphatic rings. The Morgan fingerprint density at radius 2 is 0.667 bits per heavy atom. The van der Waals surface area contributed by atoms with Crippen molar-refractivity contribution in [3.05, 3.63) is 24.3 Å². The first-order chi connectivity index (χ1) is 3.83. The molecule has 56 valence electrons. The Morgan fingerprint density at radius 3 is 0.667 bits per heavy atom. The average molecular weight is 152 g/mol. The fraction of sp³-hybridized carbons (Fsp3) is 0.500. The predicted octanol–water partition coefficient (Wildman–Crippen LogP) is 3.16. The molecule has 0 aromatic heterocycles. The van der Waals surface area contributed by atoms with Gasteiger partial charge in [0.2, 0.25) is 0 Å². The van der Waals surface area contributed by atoms with Gasteiger partial charge < -0.3 is 0 Å². The van der Waals surface area contributed by atoms with Gasteiger partial charge in [0, 0.05) is 37.7 Å². The zero-order chi connectivity index (χ0) is 6.83. The smallest absolute Gasteiger partial charge is 0 e. The van der Waals surface area contributed by atoms with Crippen molar-refractivity contribution in [2.75, 3.05) is 0 Å². The minimum absolute atomic E-state index is 0. The second-order valence-electron chi connectivity index (χ2n) is 1.33. The molecule has 0 unspecified atom stereocenters. The predicted molar refractivity (Wildman–Crippen MR) is 41.0 cm³/mol. The fourth-order valence-corrected chi connectivity index (χ4v) is 0. The second-order valence-corrected chi connectivity index (χ2v) is 1.33. The van der Waals surface area contributed by atoms with E-state index in [9.17, 15) is 0 Å². The summed E-state index contributed by atoms with van der Waals surface area (Å²) in [6, 6.07) is 0. The minimum Gasteiger partial charge on any atom is -0.0919 e. The summed E-state index contributed by atoms with van der Waals surface area (Å²) in [5.74, 6) is 0. The molecule has 1 heteroatoms. The Balaban J connectivity index is -0.0000000720. The molecule has 9 heavy (non-hydrogen) atoms. The maximum Gasteiger partial charge on any atom is 0 e. The van der Waals surface area contributed by atoms with E-state index in [2.05, 4.69) is 0 Å². The van der Waals surface area contributed by atoms with E-state index in [-0.39, 0.29) is 37.7 Å². The van der Waals surface area contributed by atoms with Crippen LogP contribution in [0.15, 0.2) is 24.3 Å². The molecule has 0 radical (unpaired) electrons. The van der Waals surface area contributed by atoms with Crippen LogP contribution in [0, 0.1) is 37.7 Å². The Morgan fingerprint density at radius 1 is 0.556 bits per heavy atom. The molecule has 0 aromatic carbocycles. The molecule has 0 heterocycles. The zero-order valence-electron chi connectivity index (χ0n) is 6.66. The molecule has 0 fully saturated rings. The molecule has 0 spiro atoms. The molecule has 0 saturated carbocycles. The largest absolute Gasteiger partial charge is 0.0919 e. The van der Waals surface area contributed by atoms with E-state index in [1.54, 1.807) is 0 Å². The van der Waals surface area contributed by atoms with E-state index in [1.807, 2.05) is 52.0 Å². The third-order valence-electron chi connectivity index (χ3n) is 0.667. The van der Waals surface area contributed by atoms with Crippen LogP contribution in [0.25, 0.3) is 0 Å². The van der Waals surface area contributed by atoms with Gasteiger partial charge in [0.1, 0.15) is 0 Å². The van der Waals surface area contributed by atoms with Crippen LogP contribution in [-0.4, -0.2) is 0 Å². The van der Waals surface area contributed by atoms with Gasteiger partial charge in [0.05, 0.1) is 0 Å². The summed E-state index contributed by atoms with van der Waals surface area (Å²) in [5.41, 5.74) is 0. The van der Waals surface area contributed by atoms with Crippen LogP contribution in [-0.2, 0) is 0 Å². The molecule has 0 aliphatic heterocycles. The van der Waals surface area contributed by atoms with Crippen molar-refractivity contribution in [1.29, 1.82) is 0 Å². The van der Waals surface area contributed by atoms with Crippen molar-refractivity contribution in [2.45, 2.75) is 27.7 Å². The first-order valence-corrected chi connectivity index (χ1v) is 2.98. The Kier molecular flexibility index (Phi) is 42.4. The summed E-state index contributed by atoms with van der Waals surface area (Å²) in [6.07, 6.45) is 8.00. The second kappa shape index (κ2) is 23.3. The van der Waals surface area contributed by atoms with Gasteiger partial charge in [-0.3, -0.25) is 0 Å². The first-order valence-electron chi connectivity index (χ1n) is 2.98. The van der Waals surface area contributed by atoms with Crippen LogP contribution in [0.2, 0.25) is 0 Å². The number of rotatable bonds is 0. The van der Waals surface area contributed by atoms with E-state index in [0.717, 1.165) is 0 Å². The summed E-state index contributed by atoms with van der Waals surface area (Å²) in [5, 5.41) is 0. The van der Waals surface area contributed by atoms with Crippen molar-refractivity contribution < 1.29 is 37.7 Å². The molecule has 0 aromatic rings. The summed E-state index contributed by atoms with van der Waals surface area (Å²) in [4.78, 5) is 0. The van der Waals surface area contributed by atoms with Crippen molar-refractivity contribution >= 4 is 0 Å². The van der Waals surface area contributed by atoms with Crippen LogP contribution in [0.4, 0.5) is 0 Å². The van der Waals surface area contributed by atoms with Gasteiger partial charge in [-0.2, -0.15) is 0 Å². The molecule has 0 amide bonds. The van der Waals surface area contributed by atoms with E-state index in [4.69, 9.17) is 0 Å². The summed E-state index contributed by atoms with van der Waals surface area (Å²) in [6.45, 7) is 8.00. The van der Waals surface area contributed by atoms with Crippen LogP contribution in [0.1, 0.15) is 27.7 Å². The van der Waals surface area contributed by atoms with E-state index in [0.29, 0.717) is 0 Å². The van der Waals surface area contributed by atoms with Crippen molar-refractivity contribution in [1.82, 2.24) is 0 Å². The first kappa shape index (κ1) is 16.4. The molecule has 0 atom stereocenters. The molecule has 0 N–H and O–H groups in total. The summed E-state index contributed by atoms with van der Waals surface area (Å²) in [7, 11) is 0. The van der Waals surface area contributed by atoms with Crippen LogP contribution in [0.3, 0.4) is 0 Å². The minimum atomic E-state index is 0. The summed E-state index contributed by atoms with van der Waals surface area (Å²) >= 11 is 0. The standard InChI is InChI=1S/2C4H8.Ar/c2*1-3-4-2;/h2*3-4H,1-2H3;. The van der Waals surface area contributed by atoms with Gasteiger partial charge >= 0.3 is 0 Å². The maximum absolute atomic E-state index is 2.00. The molecular formula is C8H16Ar. The van der Waals surface area contributed by atoms with E-state index in [1.165, 1.54) is 0 Å². The number of allylic oxidation sites excluding steroid dienone is 4. The normalized spacial score (nSPS) is 8.44. The Labute approximate surface area is 89.0 Å². The van der Waals surface area contributed by atoms with E-state index < -0.39 is 0 Å². The van der Waals surface area contributed by atoms with E-state index >= 15 is 0 Å². The Bertz CT molecular complexity index is 45.0. The van der Waals surface area contributed by atoms with Crippen molar-refractivity contribution in [2.24, 2.45) is 0 Å². The molecular weight excluding hydrogens is 136 g/mol. The number of hydrogen-bond donors (Lipinski definition) is 0. The number of hydrogen-bond acceptors (Lipinski definition) is 0. The molecule has 0 bridgehead atoms. The van der Waals surface area contributed by atoms with Gasteiger partial charge in [-0.1, -0.05) is 24.3 Å². The molecule has 0 aliphatic carbocycles. The van der Waals surface area contributed by atoms with Gasteiger partial charge in [-0.05, 0) is 27.7 Å². The van der Waals surface area contributed by atoms with Gasteiger partial charge in [-0.25, -0.2) is 0 Å². The average Bonchev–Trinajstić information content (AvgIpc) is 1.88. The Hall–Kier alpha value is 0.740. The SMILES string of the molecule is CC=CC.CC=CC.[Ar]. The maximum atomic E-state index is 2.00. The zero-order valence-corrected chi connectivity index (χ0v) is 7.37. The van der Waals surface area contributed by atoms with Crippen LogP contribution in [0.5, 0.6) is 0 Å². The van der Waals surface area contributed by atoms with Crippen molar-refractivity contribution in [3.8, 4) is 0 Å². The van der Waals surface area contributed by atoms with Gasteiger partial charge in [0.25, 0.3) is 0 Å². The third-order valence-corrected chi connectivity index (χ3v) is 0.667. The van der Waals surface area contributed by atoms with Crippen LogP contribution < -0.4 is 0 Å². The quantitative estimate of drug-likeness (QED) is 0.468. The third kappa shape index (κ3) is 52.9. The fourth-order valence-electron chi connectivity index (χ4n) is 0.